The van der Waals surface area contributed by atoms with Crippen LogP contribution in [0.25, 0.3) is 11.0 Å². The molecule has 6 nitrogen and oxygen atoms in total. The molecule has 0 saturated carbocycles. The van der Waals surface area contributed by atoms with Gasteiger partial charge in [0.25, 0.3) is 5.91 Å². The Hall–Kier alpha value is -3.10. The molecule has 30 heavy (non-hydrogen) atoms. The first-order chi connectivity index (χ1) is 13.9. The predicted octanol–water partition coefficient (Wildman–Crippen LogP) is 4.63. The zero-order valence-corrected chi connectivity index (χ0v) is 17.6. The number of amides is 1. The van der Waals surface area contributed by atoms with Crippen LogP contribution in [0.5, 0.6) is 5.88 Å². The summed E-state index contributed by atoms with van der Waals surface area (Å²) >= 11 is 0. The molecule has 0 saturated heterocycles. The van der Waals surface area contributed by atoms with Crippen LogP contribution in [0.15, 0.2) is 18.2 Å². The maximum Gasteiger partial charge on any atom is 0.417 e. The highest BCUT2D eigenvalue weighted by atomic mass is 19.4. The number of benzene rings is 1. The Kier molecular flexibility index (Phi) is 5.49. The average molecular weight is 420 g/mol. The summed E-state index contributed by atoms with van der Waals surface area (Å²) < 4.78 is 47.5. The van der Waals surface area contributed by atoms with Gasteiger partial charge in [-0.3, -0.25) is 9.48 Å². The fourth-order valence-electron chi connectivity index (χ4n) is 3.54. The van der Waals surface area contributed by atoms with E-state index < -0.39 is 23.8 Å². The number of halogens is 3. The van der Waals surface area contributed by atoms with E-state index in [-0.39, 0.29) is 22.6 Å². The second-order valence-electron chi connectivity index (χ2n) is 7.44. The van der Waals surface area contributed by atoms with Crippen molar-refractivity contribution in [2.45, 2.75) is 46.9 Å². The van der Waals surface area contributed by atoms with Crippen molar-refractivity contribution >= 4 is 22.6 Å². The summed E-state index contributed by atoms with van der Waals surface area (Å²) in [5.74, 6) is -0.778. The molecular formula is C21H23F3N4O2. The maximum atomic E-state index is 13.6. The molecule has 0 aliphatic rings. The number of alkyl halides is 3. The highest BCUT2D eigenvalue weighted by Gasteiger charge is 2.36. The number of anilines is 1. The van der Waals surface area contributed by atoms with Gasteiger partial charge in [-0.2, -0.15) is 23.3 Å². The zero-order valence-electron chi connectivity index (χ0n) is 17.6. The summed E-state index contributed by atoms with van der Waals surface area (Å²) in [5.41, 5.74) is 2.85. The van der Waals surface area contributed by atoms with E-state index in [0.29, 0.717) is 5.69 Å². The summed E-state index contributed by atoms with van der Waals surface area (Å²) in [6.07, 6.45) is -5.68. The van der Waals surface area contributed by atoms with Crippen molar-refractivity contribution < 1.29 is 22.7 Å². The fourth-order valence-corrected chi connectivity index (χ4v) is 3.54. The van der Waals surface area contributed by atoms with Crippen LogP contribution in [0.2, 0.25) is 0 Å². The van der Waals surface area contributed by atoms with E-state index in [4.69, 9.17) is 4.74 Å². The van der Waals surface area contributed by atoms with Gasteiger partial charge in [0.1, 0.15) is 0 Å². The number of aryl methyl sites for hydroxylation is 5. The molecule has 9 heteroatoms. The molecule has 3 aromatic rings. The van der Waals surface area contributed by atoms with Crippen LogP contribution < -0.4 is 10.1 Å². The molecule has 0 spiro atoms. The Morgan fingerprint density at radius 1 is 1.13 bits per heavy atom. The van der Waals surface area contributed by atoms with Crippen LogP contribution in [-0.4, -0.2) is 26.8 Å². The van der Waals surface area contributed by atoms with Crippen LogP contribution >= 0.6 is 0 Å². The Balaban J connectivity index is 1.91. The number of pyridine rings is 1. The van der Waals surface area contributed by atoms with Crippen molar-refractivity contribution in [3.05, 3.63) is 46.1 Å². The Morgan fingerprint density at radius 2 is 1.73 bits per heavy atom. The molecule has 2 heterocycles. The van der Waals surface area contributed by atoms with Gasteiger partial charge in [-0.05, 0) is 45.7 Å². The molecule has 2 aromatic heterocycles. The monoisotopic (exact) mass is 420 g/mol. The lowest BCUT2D eigenvalue weighted by atomic mass is 10.0. The molecule has 1 N–H and O–H groups in total. The van der Waals surface area contributed by atoms with E-state index in [1.54, 1.807) is 0 Å². The third-order valence-electron chi connectivity index (χ3n) is 4.84. The number of hydrogen-bond acceptors (Lipinski definition) is 4. The molecule has 1 atom stereocenters. The van der Waals surface area contributed by atoms with Gasteiger partial charge >= 0.3 is 6.18 Å². The van der Waals surface area contributed by atoms with E-state index in [0.717, 1.165) is 22.8 Å². The molecular weight excluding hydrogens is 397 g/mol. The maximum absolute atomic E-state index is 13.6. The predicted molar refractivity (Wildman–Crippen MR) is 108 cm³/mol. The van der Waals surface area contributed by atoms with E-state index in [9.17, 15) is 18.0 Å². The molecule has 0 radical (unpaired) electrons. The van der Waals surface area contributed by atoms with Crippen LogP contribution in [0.4, 0.5) is 18.9 Å². The lowest BCUT2D eigenvalue weighted by molar-refractivity contribution is -0.136. The fraction of sp³-hybridized carbons (Fsp3) is 0.381. The summed E-state index contributed by atoms with van der Waals surface area (Å²) in [7, 11) is 1.51. The number of nitrogens with zero attached hydrogens (tertiary/aromatic N) is 3. The molecule has 3 rings (SSSR count). The number of carbonyl (C=O) groups excluding carboxylic acids is 1. The molecule has 160 valence electrons. The number of nitrogens with one attached hydrogen (secondary N) is 1. The van der Waals surface area contributed by atoms with Gasteiger partial charge in [0.2, 0.25) is 5.88 Å². The number of hydrogen-bond donors (Lipinski definition) is 1. The van der Waals surface area contributed by atoms with Crippen molar-refractivity contribution in [3.63, 3.8) is 0 Å². The number of aromatic nitrogens is 3. The van der Waals surface area contributed by atoms with Gasteiger partial charge in [0.05, 0.1) is 16.6 Å². The molecule has 0 aliphatic carbocycles. The highest BCUT2D eigenvalue weighted by molar-refractivity contribution is 5.95. The Morgan fingerprint density at radius 3 is 2.30 bits per heavy atom. The standard InChI is InChI=1S/C21H23F3N4O2/c1-10-7-11(2)18(12(3)8-10)26-20(29)14(5)30-16-9-15(21(22,23)24)17-13(4)27-28(6)19(17)25-16/h7-9,14H,1-6H3,(H,26,29)/t14-/m1/s1. The van der Waals surface area contributed by atoms with Gasteiger partial charge in [-0.25, -0.2) is 0 Å². The van der Waals surface area contributed by atoms with Crippen molar-refractivity contribution in [2.24, 2.45) is 7.05 Å². The highest BCUT2D eigenvalue weighted by Crippen LogP contribution is 2.37. The third-order valence-corrected chi connectivity index (χ3v) is 4.84. The molecule has 0 fully saturated rings. The van der Waals surface area contributed by atoms with Crippen LogP contribution in [0.3, 0.4) is 0 Å². The van der Waals surface area contributed by atoms with E-state index in [2.05, 4.69) is 15.4 Å². The number of rotatable bonds is 4. The number of carbonyl (C=O) groups is 1. The molecule has 0 aliphatic heterocycles. The SMILES string of the molecule is Cc1cc(C)c(NC(=O)[C@@H](C)Oc2cc(C(F)(F)F)c3c(C)nn(C)c3n2)c(C)c1. The van der Waals surface area contributed by atoms with Crippen molar-refractivity contribution in [1.29, 1.82) is 0 Å². The largest absolute Gasteiger partial charge is 0.464 e. The summed E-state index contributed by atoms with van der Waals surface area (Å²) in [6, 6.07) is 4.68. The quantitative estimate of drug-likeness (QED) is 0.668. The van der Waals surface area contributed by atoms with E-state index >= 15 is 0 Å². The summed E-state index contributed by atoms with van der Waals surface area (Å²) in [5, 5.41) is 6.73. The van der Waals surface area contributed by atoms with E-state index in [1.165, 1.54) is 25.6 Å². The third kappa shape index (κ3) is 4.10. The van der Waals surface area contributed by atoms with Gasteiger partial charge in [-0.1, -0.05) is 17.7 Å². The topological polar surface area (TPSA) is 69.0 Å². The second-order valence-corrected chi connectivity index (χ2v) is 7.44. The van der Waals surface area contributed by atoms with Gasteiger partial charge in [0.15, 0.2) is 11.8 Å². The number of fused-ring (bicyclic) bond motifs is 1. The minimum absolute atomic E-state index is 0.0372. The van der Waals surface area contributed by atoms with Crippen LogP contribution in [0.1, 0.15) is 34.9 Å². The molecule has 0 unspecified atom stereocenters. The van der Waals surface area contributed by atoms with Crippen molar-refractivity contribution in [3.8, 4) is 5.88 Å². The van der Waals surface area contributed by atoms with Crippen molar-refractivity contribution in [1.82, 2.24) is 14.8 Å². The molecule has 0 bridgehead atoms. The van der Waals surface area contributed by atoms with Gasteiger partial charge < -0.3 is 10.1 Å². The zero-order chi connectivity index (χ0) is 22.4. The van der Waals surface area contributed by atoms with Crippen molar-refractivity contribution in [2.75, 3.05) is 5.32 Å². The lowest BCUT2D eigenvalue weighted by Gasteiger charge is -2.18. The van der Waals surface area contributed by atoms with Crippen LogP contribution in [0, 0.1) is 27.7 Å². The van der Waals surface area contributed by atoms with Gasteiger partial charge in [0, 0.05) is 18.8 Å². The first-order valence-corrected chi connectivity index (χ1v) is 9.35. The normalized spacial score (nSPS) is 12.8. The van der Waals surface area contributed by atoms with E-state index in [1.807, 2.05) is 32.9 Å². The molecule has 1 amide bonds. The Labute approximate surface area is 172 Å². The molecule has 1 aromatic carbocycles. The minimum Gasteiger partial charge on any atom is -0.464 e. The first-order valence-electron chi connectivity index (χ1n) is 9.35. The Bertz CT molecular complexity index is 1110. The minimum atomic E-state index is -4.62. The summed E-state index contributed by atoms with van der Waals surface area (Å²) in [4.78, 5) is 16.8. The first kappa shape index (κ1) is 21.6. The number of ether oxygens (including phenoxy) is 1. The van der Waals surface area contributed by atoms with Crippen LogP contribution in [-0.2, 0) is 18.0 Å². The lowest BCUT2D eigenvalue weighted by Crippen LogP contribution is -2.31. The smallest absolute Gasteiger partial charge is 0.417 e. The summed E-state index contributed by atoms with van der Waals surface area (Å²) in [6.45, 7) is 8.65. The average Bonchev–Trinajstić information content (AvgIpc) is 2.90. The second kappa shape index (κ2) is 7.62. The van der Waals surface area contributed by atoms with Gasteiger partial charge in [-0.15, -0.1) is 0 Å².